The molecular formula is C28H20O2S. The second-order valence-corrected chi connectivity index (χ2v) is 8.26. The lowest BCUT2D eigenvalue weighted by molar-refractivity contribution is 0.105. The Morgan fingerprint density at radius 3 is 2.26 bits per heavy atom. The number of carbonyl (C=O) groups is 1. The van der Waals surface area contributed by atoms with Crippen molar-refractivity contribution < 1.29 is 9.53 Å². The Morgan fingerprint density at radius 1 is 0.806 bits per heavy atom. The van der Waals surface area contributed by atoms with Gasteiger partial charge in [-0.05, 0) is 29.2 Å². The van der Waals surface area contributed by atoms with Crippen molar-refractivity contribution in [3.05, 3.63) is 142 Å². The minimum Gasteiger partial charge on any atom is -0.456 e. The van der Waals surface area contributed by atoms with E-state index in [0.717, 1.165) is 38.6 Å². The molecule has 0 N–H and O–H groups in total. The van der Waals surface area contributed by atoms with Gasteiger partial charge in [0.15, 0.2) is 5.78 Å². The van der Waals surface area contributed by atoms with Crippen LogP contribution in [0.25, 0.3) is 5.76 Å². The lowest BCUT2D eigenvalue weighted by Crippen LogP contribution is -2.15. The zero-order valence-corrected chi connectivity index (χ0v) is 17.6. The Bertz CT molecular complexity index is 1250. The van der Waals surface area contributed by atoms with Gasteiger partial charge in [0.25, 0.3) is 0 Å². The van der Waals surface area contributed by atoms with Crippen LogP contribution < -0.4 is 4.74 Å². The molecule has 0 fully saturated rings. The predicted molar refractivity (Wildman–Crippen MR) is 127 cm³/mol. The first kappa shape index (κ1) is 19.3. The highest BCUT2D eigenvalue weighted by Gasteiger charge is 2.30. The first-order valence-corrected chi connectivity index (χ1v) is 11.1. The van der Waals surface area contributed by atoms with Crippen LogP contribution in [0.1, 0.15) is 32.3 Å². The maximum absolute atomic E-state index is 12.7. The van der Waals surface area contributed by atoms with E-state index in [0.29, 0.717) is 0 Å². The molecule has 31 heavy (non-hydrogen) atoms. The maximum atomic E-state index is 12.7. The molecule has 1 unspecified atom stereocenters. The summed E-state index contributed by atoms with van der Waals surface area (Å²) < 4.78 is 6.43. The van der Waals surface area contributed by atoms with Crippen molar-refractivity contribution >= 4 is 22.9 Å². The van der Waals surface area contributed by atoms with Crippen LogP contribution in [0, 0.1) is 0 Å². The number of benzene rings is 3. The van der Waals surface area contributed by atoms with Crippen molar-refractivity contribution in [2.45, 2.75) is 5.92 Å². The number of para-hydroxylation sites is 1. The van der Waals surface area contributed by atoms with Crippen molar-refractivity contribution in [3.63, 3.8) is 0 Å². The van der Waals surface area contributed by atoms with Crippen molar-refractivity contribution in [2.75, 3.05) is 0 Å². The van der Waals surface area contributed by atoms with E-state index in [1.54, 1.807) is 6.08 Å². The van der Waals surface area contributed by atoms with Crippen LogP contribution in [0.2, 0.25) is 0 Å². The van der Waals surface area contributed by atoms with Gasteiger partial charge in [0.2, 0.25) is 0 Å². The number of rotatable bonds is 5. The van der Waals surface area contributed by atoms with Gasteiger partial charge in [-0.2, -0.15) is 0 Å². The van der Waals surface area contributed by atoms with Crippen molar-refractivity contribution in [1.29, 1.82) is 0 Å². The third kappa shape index (κ3) is 3.88. The monoisotopic (exact) mass is 420 g/mol. The summed E-state index contributed by atoms with van der Waals surface area (Å²) in [4.78, 5) is 13.5. The summed E-state index contributed by atoms with van der Waals surface area (Å²) in [6.45, 7) is 0. The summed E-state index contributed by atoms with van der Waals surface area (Å²) in [5, 5.41) is 1.92. The lowest BCUT2D eigenvalue weighted by atomic mass is 9.81. The zero-order valence-electron chi connectivity index (χ0n) is 16.8. The van der Waals surface area contributed by atoms with Gasteiger partial charge in [-0.25, -0.2) is 0 Å². The molecule has 150 valence electrons. The van der Waals surface area contributed by atoms with Gasteiger partial charge in [0.05, 0.1) is 4.88 Å². The first-order valence-electron chi connectivity index (χ1n) is 10.2. The third-order valence-electron chi connectivity index (χ3n) is 5.36. The number of thiophene rings is 1. The normalized spacial score (nSPS) is 15.5. The van der Waals surface area contributed by atoms with E-state index in [4.69, 9.17) is 4.74 Å². The summed E-state index contributed by atoms with van der Waals surface area (Å²) >= 11 is 1.45. The Morgan fingerprint density at radius 2 is 1.52 bits per heavy atom. The second-order valence-electron chi connectivity index (χ2n) is 7.31. The van der Waals surface area contributed by atoms with Crippen LogP contribution in [0.15, 0.2) is 120 Å². The second kappa shape index (κ2) is 8.58. The summed E-state index contributed by atoms with van der Waals surface area (Å²) in [6.07, 6.45) is 3.59. The molecule has 0 saturated heterocycles. The van der Waals surface area contributed by atoms with Crippen LogP contribution in [-0.2, 0) is 0 Å². The van der Waals surface area contributed by atoms with Gasteiger partial charge < -0.3 is 4.74 Å². The molecule has 1 atom stereocenters. The van der Waals surface area contributed by atoms with Crippen LogP contribution in [-0.4, -0.2) is 5.78 Å². The smallest absolute Gasteiger partial charge is 0.195 e. The number of carbonyl (C=O) groups excluding carboxylic acids is 1. The van der Waals surface area contributed by atoms with E-state index in [-0.39, 0.29) is 11.7 Å². The summed E-state index contributed by atoms with van der Waals surface area (Å²) in [6, 6.07) is 32.3. The quantitative estimate of drug-likeness (QED) is 0.254. The van der Waals surface area contributed by atoms with Gasteiger partial charge >= 0.3 is 0 Å². The largest absolute Gasteiger partial charge is 0.456 e. The number of ketones is 1. The van der Waals surface area contributed by atoms with Crippen molar-refractivity contribution in [3.8, 4) is 5.75 Å². The van der Waals surface area contributed by atoms with Gasteiger partial charge in [-0.15, -0.1) is 11.3 Å². The van der Waals surface area contributed by atoms with E-state index in [1.807, 2.05) is 90.3 Å². The molecule has 0 spiro atoms. The molecule has 1 aliphatic rings. The molecule has 1 aliphatic heterocycles. The Kier molecular flexibility index (Phi) is 5.34. The van der Waals surface area contributed by atoms with Crippen LogP contribution in [0.4, 0.5) is 0 Å². The number of allylic oxidation sites excluding steroid dienone is 3. The fraction of sp³-hybridized carbons (Fsp3) is 0.0357. The topological polar surface area (TPSA) is 26.3 Å². The Hall–Kier alpha value is -3.69. The first-order chi connectivity index (χ1) is 15.3. The van der Waals surface area contributed by atoms with Gasteiger partial charge in [0, 0.05) is 22.6 Å². The molecule has 0 radical (unpaired) electrons. The standard InChI is InChI=1S/C28H20O2S/c29-24(26-16-9-19-31-26)18-17-23-27(20-10-3-1-4-11-20)22-14-7-8-15-25(22)30-28(23)21-12-5-2-6-13-21/h1-19,27H/b18-17+. The lowest BCUT2D eigenvalue weighted by Gasteiger charge is -2.30. The molecular weight excluding hydrogens is 400 g/mol. The molecule has 0 bridgehead atoms. The van der Waals surface area contributed by atoms with Crippen LogP contribution in [0.3, 0.4) is 0 Å². The molecule has 3 heteroatoms. The van der Waals surface area contributed by atoms with E-state index in [9.17, 15) is 4.79 Å². The van der Waals surface area contributed by atoms with Crippen molar-refractivity contribution in [2.24, 2.45) is 0 Å². The molecule has 0 amide bonds. The number of hydrogen-bond acceptors (Lipinski definition) is 3. The fourth-order valence-electron chi connectivity index (χ4n) is 3.94. The van der Waals surface area contributed by atoms with E-state index >= 15 is 0 Å². The highest BCUT2D eigenvalue weighted by atomic mass is 32.1. The Labute approximate surface area is 185 Å². The minimum absolute atomic E-state index is 0.000539. The summed E-state index contributed by atoms with van der Waals surface area (Å²) in [7, 11) is 0. The van der Waals surface area contributed by atoms with Crippen LogP contribution in [0.5, 0.6) is 5.75 Å². The van der Waals surface area contributed by atoms with Gasteiger partial charge in [-0.1, -0.05) is 91.0 Å². The highest BCUT2D eigenvalue weighted by Crippen LogP contribution is 2.46. The molecule has 5 rings (SSSR count). The predicted octanol–water partition coefficient (Wildman–Crippen LogP) is 7.12. The van der Waals surface area contributed by atoms with E-state index in [2.05, 4.69) is 18.2 Å². The Balaban J connectivity index is 1.70. The summed E-state index contributed by atoms with van der Waals surface area (Å²) in [5.41, 5.74) is 4.22. The number of ether oxygens (including phenoxy) is 1. The maximum Gasteiger partial charge on any atom is 0.195 e. The fourth-order valence-corrected chi connectivity index (χ4v) is 4.58. The van der Waals surface area contributed by atoms with E-state index < -0.39 is 0 Å². The average Bonchev–Trinajstić information content (AvgIpc) is 3.38. The highest BCUT2D eigenvalue weighted by molar-refractivity contribution is 7.12. The molecule has 4 aromatic rings. The third-order valence-corrected chi connectivity index (χ3v) is 6.25. The minimum atomic E-state index is -0.0336. The number of fused-ring (bicyclic) bond motifs is 1. The molecule has 2 nitrogen and oxygen atoms in total. The van der Waals surface area contributed by atoms with Gasteiger partial charge in [0.1, 0.15) is 11.5 Å². The van der Waals surface area contributed by atoms with E-state index in [1.165, 1.54) is 11.3 Å². The van der Waals surface area contributed by atoms with Crippen molar-refractivity contribution in [1.82, 2.24) is 0 Å². The SMILES string of the molecule is O=C(/C=C/C1=C(c2ccccc2)Oc2ccccc2C1c1ccccc1)c1cccs1. The molecule has 1 aromatic heterocycles. The number of hydrogen-bond donors (Lipinski definition) is 0. The molecule has 0 aliphatic carbocycles. The molecule has 3 aromatic carbocycles. The molecule has 2 heterocycles. The molecule has 0 saturated carbocycles. The summed E-state index contributed by atoms with van der Waals surface area (Å²) in [5.74, 6) is 1.59. The zero-order chi connectivity index (χ0) is 21.0. The average molecular weight is 421 g/mol. The van der Waals surface area contributed by atoms with Gasteiger partial charge in [-0.3, -0.25) is 4.79 Å². The van der Waals surface area contributed by atoms with Crippen LogP contribution >= 0.6 is 11.3 Å².